The second kappa shape index (κ2) is 6.31. The van der Waals surface area contributed by atoms with Crippen molar-refractivity contribution in [1.29, 1.82) is 0 Å². The maximum absolute atomic E-state index is 6.37. The Labute approximate surface area is 170 Å². The molecule has 0 bridgehead atoms. The Morgan fingerprint density at radius 3 is 2.38 bits per heavy atom. The highest BCUT2D eigenvalue weighted by molar-refractivity contribution is 6.13. The quantitative estimate of drug-likeness (QED) is 0.333. The fraction of sp³-hybridized carbons (Fsp3) is 0.148. The van der Waals surface area contributed by atoms with Crippen LogP contribution in [0.15, 0.2) is 72.8 Å². The molecular formula is C27H22N2. The summed E-state index contributed by atoms with van der Waals surface area (Å²) in [5, 5.41) is 6.30. The minimum Gasteiger partial charge on any atom is -0.398 e. The van der Waals surface area contributed by atoms with Gasteiger partial charge in [-0.25, -0.2) is 4.98 Å². The van der Waals surface area contributed by atoms with Crippen LogP contribution in [-0.2, 0) is 12.8 Å². The molecule has 1 aliphatic rings. The molecular weight excluding hydrogens is 352 g/mol. The Morgan fingerprint density at radius 2 is 1.41 bits per heavy atom. The normalized spacial score (nSPS) is 13.8. The molecule has 0 fully saturated rings. The molecule has 0 amide bonds. The summed E-state index contributed by atoms with van der Waals surface area (Å²) in [6, 6.07) is 25.9. The molecule has 6 rings (SSSR count). The molecule has 4 aromatic carbocycles. The van der Waals surface area contributed by atoms with Gasteiger partial charge in [0.05, 0.1) is 11.2 Å². The van der Waals surface area contributed by atoms with Gasteiger partial charge in [-0.2, -0.15) is 0 Å². The van der Waals surface area contributed by atoms with Gasteiger partial charge in [0, 0.05) is 16.6 Å². The molecule has 1 aliphatic carbocycles. The first-order valence-electron chi connectivity index (χ1n) is 10.4. The smallest absolute Gasteiger partial charge is 0.0736 e. The number of aromatic nitrogens is 1. The zero-order valence-electron chi connectivity index (χ0n) is 16.3. The largest absolute Gasteiger partial charge is 0.398 e. The first kappa shape index (κ1) is 16.6. The first-order chi connectivity index (χ1) is 14.3. The summed E-state index contributed by atoms with van der Waals surface area (Å²) in [5.74, 6) is 0. The van der Waals surface area contributed by atoms with Crippen LogP contribution >= 0.6 is 0 Å². The van der Waals surface area contributed by atoms with Crippen LogP contribution in [0.5, 0.6) is 0 Å². The third-order valence-electron chi connectivity index (χ3n) is 6.41. The van der Waals surface area contributed by atoms with Crippen molar-refractivity contribution in [2.45, 2.75) is 25.7 Å². The third kappa shape index (κ3) is 2.52. The summed E-state index contributed by atoms with van der Waals surface area (Å²) in [6.45, 7) is 0. The highest BCUT2D eigenvalue weighted by Crippen LogP contribution is 2.37. The van der Waals surface area contributed by atoms with E-state index < -0.39 is 0 Å². The summed E-state index contributed by atoms with van der Waals surface area (Å²) < 4.78 is 0. The molecule has 1 heterocycles. The molecule has 2 nitrogen and oxygen atoms in total. The van der Waals surface area contributed by atoms with Crippen molar-refractivity contribution >= 4 is 38.1 Å². The number of hydrogen-bond acceptors (Lipinski definition) is 2. The SMILES string of the molecule is Nc1cc(-c2cccc3c2ccc2c4c(ccc23)CCCC4)nc2ccccc12. The van der Waals surface area contributed by atoms with Crippen molar-refractivity contribution in [2.75, 3.05) is 5.73 Å². The van der Waals surface area contributed by atoms with E-state index in [1.54, 1.807) is 5.56 Å². The van der Waals surface area contributed by atoms with E-state index in [0.717, 1.165) is 27.8 Å². The zero-order valence-corrected chi connectivity index (χ0v) is 16.3. The topological polar surface area (TPSA) is 38.9 Å². The number of aryl methyl sites for hydroxylation is 2. The number of para-hydroxylation sites is 1. The second-order valence-corrected chi connectivity index (χ2v) is 8.09. The first-order valence-corrected chi connectivity index (χ1v) is 10.4. The van der Waals surface area contributed by atoms with Gasteiger partial charge in [-0.05, 0) is 70.5 Å². The van der Waals surface area contributed by atoms with E-state index in [4.69, 9.17) is 10.7 Å². The molecule has 0 unspecified atom stereocenters. The molecule has 0 saturated carbocycles. The number of nitrogen functional groups attached to an aromatic ring is 1. The third-order valence-corrected chi connectivity index (χ3v) is 6.41. The van der Waals surface area contributed by atoms with E-state index in [-0.39, 0.29) is 0 Å². The number of hydrogen-bond donors (Lipinski definition) is 1. The van der Waals surface area contributed by atoms with Crippen molar-refractivity contribution < 1.29 is 0 Å². The second-order valence-electron chi connectivity index (χ2n) is 8.09. The standard InChI is InChI=1S/C27H22N2/c28-25-16-27(29-26-11-4-3-8-24(25)26)23-10-5-9-19-21-13-12-17-6-1-2-7-18(17)20(21)14-15-22(19)23/h3-5,8-16H,1-2,6-7H2,(H2,28,29). The lowest BCUT2D eigenvalue weighted by molar-refractivity contribution is 0.690. The highest BCUT2D eigenvalue weighted by Gasteiger charge is 2.15. The van der Waals surface area contributed by atoms with Crippen molar-refractivity contribution in [2.24, 2.45) is 0 Å². The summed E-state index contributed by atoms with van der Waals surface area (Å²) >= 11 is 0. The van der Waals surface area contributed by atoms with Crippen molar-refractivity contribution in [3.05, 3.63) is 83.9 Å². The van der Waals surface area contributed by atoms with Crippen LogP contribution in [0.25, 0.3) is 43.7 Å². The van der Waals surface area contributed by atoms with Gasteiger partial charge in [0.15, 0.2) is 0 Å². The van der Waals surface area contributed by atoms with Crippen LogP contribution in [0.2, 0.25) is 0 Å². The minimum absolute atomic E-state index is 0.775. The van der Waals surface area contributed by atoms with Crippen molar-refractivity contribution in [3.8, 4) is 11.3 Å². The number of rotatable bonds is 1. The number of fused-ring (bicyclic) bond motifs is 6. The van der Waals surface area contributed by atoms with Crippen molar-refractivity contribution in [1.82, 2.24) is 4.98 Å². The summed E-state index contributed by atoms with van der Waals surface area (Å²) in [6.07, 6.45) is 5.01. The molecule has 0 aliphatic heterocycles. The number of anilines is 1. The fourth-order valence-electron chi connectivity index (χ4n) is 4.99. The van der Waals surface area contributed by atoms with Crippen LogP contribution in [0, 0.1) is 0 Å². The van der Waals surface area contributed by atoms with Crippen LogP contribution in [0.3, 0.4) is 0 Å². The molecule has 1 aromatic heterocycles. The predicted octanol–water partition coefficient (Wildman–Crippen LogP) is 6.67. The van der Waals surface area contributed by atoms with Crippen LogP contribution in [0.4, 0.5) is 5.69 Å². The van der Waals surface area contributed by atoms with Gasteiger partial charge in [-0.3, -0.25) is 0 Å². The molecule has 5 aromatic rings. The lowest BCUT2D eigenvalue weighted by Gasteiger charge is -2.19. The van der Waals surface area contributed by atoms with E-state index in [1.165, 1.54) is 52.8 Å². The molecule has 29 heavy (non-hydrogen) atoms. The number of nitrogens with zero attached hydrogens (tertiary/aromatic N) is 1. The van der Waals surface area contributed by atoms with Crippen LogP contribution in [-0.4, -0.2) is 4.98 Å². The molecule has 2 heteroatoms. The molecule has 0 spiro atoms. The lowest BCUT2D eigenvalue weighted by atomic mass is 9.86. The Bertz CT molecular complexity index is 1420. The Morgan fingerprint density at radius 1 is 0.655 bits per heavy atom. The molecule has 0 atom stereocenters. The monoisotopic (exact) mass is 374 g/mol. The molecule has 0 radical (unpaired) electrons. The zero-order chi connectivity index (χ0) is 19.4. The van der Waals surface area contributed by atoms with Gasteiger partial charge in [-0.15, -0.1) is 0 Å². The van der Waals surface area contributed by atoms with Crippen LogP contribution in [0.1, 0.15) is 24.0 Å². The van der Waals surface area contributed by atoms with E-state index in [0.29, 0.717) is 0 Å². The van der Waals surface area contributed by atoms with Gasteiger partial charge in [0.25, 0.3) is 0 Å². The molecule has 0 saturated heterocycles. The van der Waals surface area contributed by atoms with Gasteiger partial charge in [0.2, 0.25) is 0 Å². The molecule has 140 valence electrons. The number of nitrogens with two attached hydrogens (primary N) is 1. The summed E-state index contributed by atoms with van der Waals surface area (Å²) in [4.78, 5) is 4.93. The Kier molecular flexibility index (Phi) is 3.60. The van der Waals surface area contributed by atoms with E-state index in [1.807, 2.05) is 30.3 Å². The van der Waals surface area contributed by atoms with E-state index in [2.05, 4.69) is 42.5 Å². The maximum Gasteiger partial charge on any atom is 0.0736 e. The average molecular weight is 374 g/mol. The van der Waals surface area contributed by atoms with Gasteiger partial charge in [-0.1, -0.05) is 60.7 Å². The maximum atomic E-state index is 6.37. The average Bonchev–Trinajstić information content (AvgIpc) is 2.78. The Hall–Kier alpha value is -3.39. The lowest BCUT2D eigenvalue weighted by Crippen LogP contribution is -2.03. The van der Waals surface area contributed by atoms with Gasteiger partial charge >= 0.3 is 0 Å². The van der Waals surface area contributed by atoms with Crippen LogP contribution < -0.4 is 5.73 Å². The highest BCUT2D eigenvalue weighted by atomic mass is 14.7. The Balaban J connectivity index is 1.63. The summed E-state index contributed by atoms with van der Waals surface area (Å²) in [5.41, 5.74) is 13.2. The fourth-order valence-corrected chi connectivity index (χ4v) is 4.99. The molecule has 2 N–H and O–H groups in total. The van der Waals surface area contributed by atoms with Gasteiger partial charge in [0.1, 0.15) is 0 Å². The van der Waals surface area contributed by atoms with E-state index >= 15 is 0 Å². The van der Waals surface area contributed by atoms with E-state index in [9.17, 15) is 0 Å². The predicted molar refractivity (Wildman–Crippen MR) is 123 cm³/mol. The summed E-state index contributed by atoms with van der Waals surface area (Å²) in [7, 11) is 0. The minimum atomic E-state index is 0.775. The number of pyridine rings is 1. The van der Waals surface area contributed by atoms with Crippen molar-refractivity contribution in [3.63, 3.8) is 0 Å². The number of benzene rings is 4. The van der Waals surface area contributed by atoms with Gasteiger partial charge < -0.3 is 5.73 Å².